The van der Waals surface area contributed by atoms with Crippen LogP contribution in [-0.4, -0.2) is 37.6 Å². The lowest BCUT2D eigenvalue weighted by Crippen LogP contribution is -2.46. The van der Waals surface area contributed by atoms with Crippen molar-refractivity contribution >= 4 is 0 Å². The molecule has 0 fully saturated rings. The van der Waals surface area contributed by atoms with Crippen molar-refractivity contribution in [2.45, 2.75) is 66.0 Å². The normalized spacial score (nSPS) is 17.5. The molecule has 1 N–H and O–H groups in total. The summed E-state index contributed by atoms with van der Waals surface area (Å²) in [5.74, 6) is 1.57. The summed E-state index contributed by atoms with van der Waals surface area (Å²) in [6.07, 6.45) is 3.81. The van der Waals surface area contributed by atoms with E-state index in [2.05, 4.69) is 58.9 Å². The summed E-state index contributed by atoms with van der Waals surface area (Å²) in [7, 11) is 4.41. The highest BCUT2D eigenvalue weighted by molar-refractivity contribution is 4.79. The molecule has 3 atom stereocenters. The molecule has 0 amide bonds. The summed E-state index contributed by atoms with van der Waals surface area (Å²) in [5.41, 5.74) is 0. The van der Waals surface area contributed by atoms with E-state index in [0.29, 0.717) is 12.1 Å². The Balaban J connectivity index is 4.26. The standard InChI is InChI=1S/C15H34N2/c1-8-12(4)13(5)16-11-15(17(6)7)14(9-2)10-3/h12-16H,8-11H2,1-7H3. The molecule has 17 heavy (non-hydrogen) atoms. The first-order chi connectivity index (χ1) is 7.97. The average Bonchev–Trinajstić information content (AvgIpc) is 2.32. The van der Waals surface area contributed by atoms with Gasteiger partial charge < -0.3 is 10.2 Å². The number of hydrogen-bond acceptors (Lipinski definition) is 2. The van der Waals surface area contributed by atoms with Crippen LogP contribution in [0, 0.1) is 11.8 Å². The van der Waals surface area contributed by atoms with Crippen LogP contribution in [0.1, 0.15) is 53.9 Å². The van der Waals surface area contributed by atoms with Crippen LogP contribution in [0.4, 0.5) is 0 Å². The maximum absolute atomic E-state index is 3.72. The highest BCUT2D eigenvalue weighted by Gasteiger charge is 2.21. The molecule has 0 aliphatic rings. The molecule has 104 valence electrons. The summed E-state index contributed by atoms with van der Waals surface area (Å²) in [6.45, 7) is 12.6. The van der Waals surface area contributed by atoms with Crippen LogP contribution in [-0.2, 0) is 0 Å². The minimum atomic E-state index is 0.622. The Kier molecular flexibility index (Phi) is 8.89. The number of likely N-dealkylation sites (N-methyl/N-ethyl adjacent to an activating group) is 1. The summed E-state index contributed by atoms with van der Waals surface area (Å²) < 4.78 is 0. The van der Waals surface area contributed by atoms with Crippen LogP contribution in [0.2, 0.25) is 0 Å². The maximum atomic E-state index is 3.72. The molecular formula is C15H34N2. The molecule has 0 rings (SSSR count). The molecule has 0 saturated carbocycles. The van der Waals surface area contributed by atoms with Crippen molar-refractivity contribution < 1.29 is 0 Å². The Labute approximate surface area is 109 Å². The quantitative estimate of drug-likeness (QED) is 0.667. The first-order valence-corrected chi connectivity index (χ1v) is 7.37. The van der Waals surface area contributed by atoms with Crippen molar-refractivity contribution in [3.63, 3.8) is 0 Å². The Morgan fingerprint density at radius 1 is 0.941 bits per heavy atom. The minimum Gasteiger partial charge on any atom is -0.312 e. The van der Waals surface area contributed by atoms with Gasteiger partial charge in [-0.2, -0.15) is 0 Å². The van der Waals surface area contributed by atoms with Gasteiger partial charge >= 0.3 is 0 Å². The fourth-order valence-electron chi connectivity index (χ4n) is 2.47. The first kappa shape index (κ1) is 16.9. The fourth-order valence-corrected chi connectivity index (χ4v) is 2.47. The van der Waals surface area contributed by atoms with Crippen molar-refractivity contribution in [3.05, 3.63) is 0 Å². The van der Waals surface area contributed by atoms with Gasteiger partial charge in [-0.15, -0.1) is 0 Å². The molecule has 0 aliphatic carbocycles. The third kappa shape index (κ3) is 5.87. The zero-order valence-corrected chi connectivity index (χ0v) is 13.1. The molecule has 0 heterocycles. The van der Waals surface area contributed by atoms with E-state index in [9.17, 15) is 0 Å². The van der Waals surface area contributed by atoms with E-state index in [-0.39, 0.29) is 0 Å². The highest BCUT2D eigenvalue weighted by Crippen LogP contribution is 2.17. The Hall–Kier alpha value is -0.0800. The second-order valence-electron chi connectivity index (χ2n) is 5.69. The highest BCUT2D eigenvalue weighted by atomic mass is 15.1. The average molecular weight is 242 g/mol. The molecule has 3 unspecified atom stereocenters. The van der Waals surface area contributed by atoms with Gasteiger partial charge in [0.15, 0.2) is 0 Å². The summed E-state index contributed by atoms with van der Waals surface area (Å²) in [6, 6.07) is 1.29. The van der Waals surface area contributed by atoms with Gasteiger partial charge in [-0.1, -0.05) is 47.0 Å². The molecule has 0 aliphatic heterocycles. The van der Waals surface area contributed by atoms with Gasteiger partial charge in [-0.3, -0.25) is 0 Å². The van der Waals surface area contributed by atoms with Crippen LogP contribution in [0.15, 0.2) is 0 Å². The van der Waals surface area contributed by atoms with Gasteiger partial charge in [-0.05, 0) is 32.9 Å². The summed E-state index contributed by atoms with van der Waals surface area (Å²) in [5, 5.41) is 3.72. The van der Waals surface area contributed by atoms with E-state index in [1.807, 2.05) is 0 Å². The second kappa shape index (κ2) is 8.93. The van der Waals surface area contributed by atoms with E-state index in [4.69, 9.17) is 0 Å². The third-order valence-corrected chi connectivity index (χ3v) is 4.40. The van der Waals surface area contributed by atoms with Crippen LogP contribution in [0.5, 0.6) is 0 Å². The Morgan fingerprint density at radius 3 is 1.82 bits per heavy atom. The van der Waals surface area contributed by atoms with Crippen molar-refractivity contribution in [1.29, 1.82) is 0 Å². The molecule has 0 aromatic rings. The number of hydrogen-bond donors (Lipinski definition) is 1. The maximum Gasteiger partial charge on any atom is 0.0242 e. The molecule has 0 aromatic carbocycles. The van der Waals surface area contributed by atoms with Crippen LogP contribution in [0.25, 0.3) is 0 Å². The topological polar surface area (TPSA) is 15.3 Å². The minimum absolute atomic E-state index is 0.622. The molecule has 0 saturated heterocycles. The van der Waals surface area contributed by atoms with E-state index >= 15 is 0 Å². The lowest BCUT2D eigenvalue weighted by molar-refractivity contribution is 0.185. The van der Waals surface area contributed by atoms with Crippen molar-refractivity contribution in [2.75, 3.05) is 20.6 Å². The summed E-state index contributed by atoms with van der Waals surface area (Å²) in [4.78, 5) is 2.38. The van der Waals surface area contributed by atoms with E-state index in [1.54, 1.807) is 0 Å². The van der Waals surface area contributed by atoms with Gasteiger partial charge in [-0.25, -0.2) is 0 Å². The van der Waals surface area contributed by atoms with E-state index in [1.165, 1.54) is 19.3 Å². The molecule has 0 spiro atoms. The van der Waals surface area contributed by atoms with E-state index < -0.39 is 0 Å². The number of nitrogens with zero attached hydrogens (tertiary/aromatic N) is 1. The van der Waals surface area contributed by atoms with Gasteiger partial charge in [0.25, 0.3) is 0 Å². The van der Waals surface area contributed by atoms with Gasteiger partial charge in [0, 0.05) is 18.6 Å². The fraction of sp³-hybridized carbons (Fsp3) is 1.00. The van der Waals surface area contributed by atoms with Crippen LogP contribution >= 0.6 is 0 Å². The van der Waals surface area contributed by atoms with Crippen molar-refractivity contribution in [1.82, 2.24) is 10.2 Å². The zero-order valence-electron chi connectivity index (χ0n) is 13.1. The SMILES string of the molecule is CCC(C)C(C)NCC(C(CC)CC)N(C)C. The van der Waals surface area contributed by atoms with Crippen molar-refractivity contribution in [2.24, 2.45) is 11.8 Å². The zero-order chi connectivity index (χ0) is 13.4. The monoisotopic (exact) mass is 242 g/mol. The molecular weight excluding hydrogens is 208 g/mol. The summed E-state index contributed by atoms with van der Waals surface area (Å²) >= 11 is 0. The number of nitrogens with one attached hydrogen (secondary N) is 1. The molecule has 0 radical (unpaired) electrons. The molecule has 2 heteroatoms. The van der Waals surface area contributed by atoms with Gasteiger partial charge in [0.1, 0.15) is 0 Å². The number of rotatable bonds is 9. The van der Waals surface area contributed by atoms with Crippen molar-refractivity contribution in [3.8, 4) is 0 Å². The lowest BCUT2D eigenvalue weighted by Gasteiger charge is -2.33. The predicted octanol–water partition coefficient (Wildman–Crippen LogP) is 3.38. The second-order valence-corrected chi connectivity index (χ2v) is 5.69. The van der Waals surface area contributed by atoms with Crippen LogP contribution < -0.4 is 5.32 Å². The van der Waals surface area contributed by atoms with E-state index in [0.717, 1.165) is 18.4 Å². The Bertz CT molecular complexity index is 176. The lowest BCUT2D eigenvalue weighted by atomic mass is 9.92. The molecule has 0 aromatic heterocycles. The predicted molar refractivity (Wildman–Crippen MR) is 78.5 cm³/mol. The van der Waals surface area contributed by atoms with Gasteiger partial charge in [0.2, 0.25) is 0 Å². The smallest absolute Gasteiger partial charge is 0.0242 e. The molecule has 0 bridgehead atoms. The largest absolute Gasteiger partial charge is 0.312 e. The van der Waals surface area contributed by atoms with Crippen LogP contribution in [0.3, 0.4) is 0 Å². The molecule has 2 nitrogen and oxygen atoms in total. The van der Waals surface area contributed by atoms with Gasteiger partial charge in [0.05, 0.1) is 0 Å². The third-order valence-electron chi connectivity index (χ3n) is 4.40. The Morgan fingerprint density at radius 2 is 1.47 bits per heavy atom. The first-order valence-electron chi connectivity index (χ1n) is 7.37.